The highest BCUT2D eigenvalue weighted by Gasteiger charge is 2.18. The molecule has 108 valence electrons. The van der Waals surface area contributed by atoms with E-state index in [2.05, 4.69) is 17.0 Å². The minimum Gasteiger partial charge on any atom is -0.467 e. The fourth-order valence-electron chi connectivity index (χ4n) is 1.58. The van der Waals surface area contributed by atoms with E-state index in [1.165, 1.54) is 18.7 Å². The second kappa shape index (κ2) is 8.12. The van der Waals surface area contributed by atoms with Gasteiger partial charge in [0.25, 0.3) is 0 Å². The smallest absolute Gasteiger partial charge is 0.330 e. The number of nitrogens with one attached hydrogen (secondary N) is 1. The minimum absolute atomic E-state index is 0.464. The van der Waals surface area contributed by atoms with E-state index in [1.807, 2.05) is 24.3 Å². The molecule has 0 radical (unpaired) electrons. The number of amides is 1. The van der Waals surface area contributed by atoms with Gasteiger partial charge in [-0.1, -0.05) is 31.2 Å². The molecule has 20 heavy (non-hydrogen) atoms. The van der Waals surface area contributed by atoms with Crippen molar-refractivity contribution < 1.29 is 19.4 Å². The number of aliphatic hydroxyl groups excluding tert-OH is 1. The number of esters is 1. The second-order valence-electron chi connectivity index (χ2n) is 4.20. The highest BCUT2D eigenvalue weighted by Crippen LogP contribution is 2.06. The van der Waals surface area contributed by atoms with Crippen molar-refractivity contribution in [1.29, 1.82) is 0 Å². The van der Waals surface area contributed by atoms with E-state index in [9.17, 15) is 9.59 Å². The Bertz CT molecular complexity index is 479. The molecule has 0 heterocycles. The van der Waals surface area contributed by atoms with Gasteiger partial charge in [-0.3, -0.25) is 4.79 Å². The topological polar surface area (TPSA) is 75.6 Å². The molecule has 5 heteroatoms. The third-order valence-corrected chi connectivity index (χ3v) is 2.80. The number of aliphatic hydroxyl groups is 1. The van der Waals surface area contributed by atoms with Crippen LogP contribution in [0.1, 0.15) is 18.1 Å². The van der Waals surface area contributed by atoms with Crippen LogP contribution in [0, 0.1) is 0 Å². The zero-order chi connectivity index (χ0) is 15.0. The molecule has 0 saturated heterocycles. The summed E-state index contributed by atoms with van der Waals surface area (Å²) in [4.78, 5) is 22.8. The predicted octanol–water partition coefficient (Wildman–Crippen LogP) is 0.912. The molecule has 0 aliphatic heterocycles. The number of carbonyl (C=O) groups excluding carboxylic acids is 2. The fourth-order valence-corrected chi connectivity index (χ4v) is 1.58. The Morgan fingerprint density at radius 2 is 2.00 bits per heavy atom. The van der Waals surface area contributed by atoms with Crippen LogP contribution in [0.2, 0.25) is 0 Å². The molecule has 0 aliphatic carbocycles. The number of ether oxygens (including phenoxy) is 1. The van der Waals surface area contributed by atoms with Crippen molar-refractivity contribution >= 4 is 18.0 Å². The molecular weight excluding hydrogens is 258 g/mol. The standard InChI is InChI=1S/C15H19NO4/c1-3-11-4-6-12(7-5-11)8-9-14(18)16-13(10-17)15(19)20-2/h4-9,13,17H,3,10H2,1-2H3,(H,16,18)/b9-8+/t13-/m0/s1. The Labute approximate surface area is 118 Å². The largest absolute Gasteiger partial charge is 0.467 e. The summed E-state index contributed by atoms with van der Waals surface area (Å²) in [6.07, 6.45) is 3.91. The zero-order valence-corrected chi connectivity index (χ0v) is 11.6. The first kappa shape index (κ1) is 15.9. The molecular formula is C15H19NO4. The van der Waals surface area contributed by atoms with Crippen molar-refractivity contribution in [3.63, 3.8) is 0 Å². The van der Waals surface area contributed by atoms with Gasteiger partial charge in [0.05, 0.1) is 13.7 Å². The van der Waals surface area contributed by atoms with Crippen LogP contribution in [0.25, 0.3) is 6.08 Å². The fraction of sp³-hybridized carbons (Fsp3) is 0.333. The molecule has 0 aliphatic rings. The summed E-state index contributed by atoms with van der Waals surface area (Å²) in [6, 6.07) is 6.75. The lowest BCUT2D eigenvalue weighted by Gasteiger charge is -2.11. The third-order valence-electron chi connectivity index (χ3n) is 2.80. The van der Waals surface area contributed by atoms with Crippen LogP contribution in [0.15, 0.2) is 30.3 Å². The van der Waals surface area contributed by atoms with Gasteiger partial charge in [0.1, 0.15) is 0 Å². The van der Waals surface area contributed by atoms with Crippen molar-refractivity contribution in [2.75, 3.05) is 13.7 Å². The van der Waals surface area contributed by atoms with Crippen molar-refractivity contribution in [3.8, 4) is 0 Å². The molecule has 2 N–H and O–H groups in total. The summed E-state index contributed by atoms with van der Waals surface area (Å²) in [7, 11) is 1.20. The molecule has 1 rings (SSSR count). The van der Waals surface area contributed by atoms with Crippen molar-refractivity contribution in [2.24, 2.45) is 0 Å². The molecule has 1 aromatic rings. The average molecular weight is 277 g/mol. The van der Waals surface area contributed by atoms with Gasteiger partial charge in [0, 0.05) is 6.08 Å². The summed E-state index contributed by atoms with van der Waals surface area (Å²) in [5.74, 6) is -1.14. The van der Waals surface area contributed by atoms with E-state index in [0.717, 1.165) is 12.0 Å². The SMILES string of the molecule is CCc1ccc(/C=C/C(=O)N[C@@H](CO)C(=O)OC)cc1. The molecule has 1 atom stereocenters. The number of aryl methyl sites for hydroxylation is 1. The number of methoxy groups -OCH3 is 1. The minimum atomic E-state index is -1.04. The van der Waals surface area contributed by atoms with Crippen molar-refractivity contribution in [1.82, 2.24) is 5.32 Å². The number of hydrogen-bond donors (Lipinski definition) is 2. The van der Waals surface area contributed by atoms with Gasteiger partial charge in [-0.05, 0) is 23.6 Å². The Hall–Kier alpha value is -2.14. The molecule has 1 aromatic carbocycles. The van der Waals surface area contributed by atoms with Crippen molar-refractivity contribution in [3.05, 3.63) is 41.5 Å². The maximum Gasteiger partial charge on any atom is 0.330 e. The summed E-state index contributed by atoms with van der Waals surface area (Å²) in [6.45, 7) is 1.57. The van der Waals surface area contributed by atoms with Gasteiger partial charge in [-0.15, -0.1) is 0 Å². The van der Waals surface area contributed by atoms with Gasteiger partial charge < -0.3 is 15.2 Å². The van der Waals surface area contributed by atoms with Crippen LogP contribution in [0.5, 0.6) is 0 Å². The molecule has 0 unspecified atom stereocenters. The first-order chi connectivity index (χ1) is 9.60. The Morgan fingerprint density at radius 3 is 2.50 bits per heavy atom. The molecule has 0 saturated carbocycles. The van der Waals surface area contributed by atoms with Crippen LogP contribution < -0.4 is 5.32 Å². The number of carbonyl (C=O) groups is 2. The molecule has 1 amide bonds. The van der Waals surface area contributed by atoms with Crippen molar-refractivity contribution in [2.45, 2.75) is 19.4 Å². The Balaban J connectivity index is 2.60. The third kappa shape index (κ3) is 4.85. The highest BCUT2D eigenvalue weighted by atomic mass is 16.5. The average Bonchev–Trinajstić information content (AvgIpc) is 2.50. The lowest BCUT2D eigenvalue weighted by molar-refractivity contribution is -0.145. The maximum absolute atomic E-state index is 11.6. The van der Waals surface area contributed by atoms with Crippen LogP contribution in [0.4, 0.5) is 0 Å². The first-order valence-electron chi connectivity index (χ1n) is 6.37. The summed E-state index contributed by atoms with van der Waals surface area (Å²) in [5.41, 5.74) is 2.11. The van der Waals surface area contributed by atoms with Gasteiger partial charge >= 0.3 is 5.97 Å². The van der Waals surface area contributed by atoms with E-state index in [0.29, 0.717) is 0 Å². The Morgan fingerprint density at radius 1 is 1.35 bits per heavy atom. The van der Waals surface area contributed by atoms with E-state index in [-0.39, 0.29) is 0 Å². The van der Waals surface area contributed by atoms with Gasteiger partial charge in [-0.25, -0.2) is 4.79 Å². The highest BCUT2D eigenvalue weighted by molar-refractivity contribution is 5.94. The second-order valence-corrected chi connectivity index (χ2v) is 4.20. The lowest BCUT2D eigenvalue weighted by Crippen LogP contribution is -2.43. The van der Waals surface area contributed by atoms with Gasteiger partial charge in [0.2, 0.25) is 5.91 Å². The van der Waals surface area contributed by atoms with Crippen LogP contribution in [-0.2, 0) is 20.7 Å². The Kier molecular flexibility index (Phi) is 6.46. The summed E-state index contributed by atoms with van der Waals surface area (Å²) < 4.78 is 4.45. The van der Waals surface area contributed by atoms with Gasteiger partial charge in [0.15, 0.2) is 6.04 Å². The maximum atomic E-state index is 11.6. The zero-order valence-electron chi connectivity index (χ0n) is 11.6. The van der Waals surface area contributed by atoms with Gasteiger partial charge in [-0.2, -0.15) is 0 Å². The molecule has 0 aromatic heterocycles. The number of benzene rings is 1. The molecule has 0 spiro atoms. The first-order valence-corrected chi connectivity index (χ1v) is 6.37. The molecule has 0 bridgehead atoms. The normalized spacial score (nSPS) is 12.2. The van der Waals surface area contributed by atoms with Crippen LogP contribution >= 0.6 is 0 Å². The van der Waals surface area contributed by atoms with E-state index in [1.54, 1.807) is 6.08 Å². The molecule has 5 nitrogen and oxygen atoms in total. The summed E-state index contributed by atoms with van der Waals surface area (Å²) >= 11 is 0. The monoisotopic (exact) mass is 277 g/mol. The van der Waals surface area contributed by atoms with E-state index in [4.69, 9.17) is 5.11 Å². The number of hydrogen-bond acceptors (Lipinski definition) is 4. The lowest BCUT2D eigenvalue weighted by atomic mass is 10.1. The van der Waals surface area contributed by atoms with E-state index >= 15 is 0 Å². The van der Waals surface area contributed by atoms with E-state index < -0.39 is 24.5 Å². The summed E-state index contributed by atoms with van der Waals surface area (Å²) in [5, 5.41) is 11.3. The quantitative estimate of drug-likeness (QED) is 0.598. The van der Waals surface area contributed by atoms with Crippen LogP contribution in [0.3, 0.4) is 0 Å². The number of rotatable bonds is 6. The molecule has 0 fully saturated rings. The van der Waals surface area contributed by atoms with Crippen LogP contribution in [-0.4, -0.2) is 36.7 Å². The predicted molar refractivity (Wildman–Crippen MR) is 75.9 cm³/mol.